The first-order valence-corrected chi connectivity index (χ1v) is 14.0. The van der Waals surface area contributed by atoms with Crippen molar-refractivity contribution in [1.82, 2.24) is 4.90 Å². The van der Waals surface area contributed by atoms with Gasteiger partial charge in [0.25, 0.3) is 17.1 Å². The van der Waals surface area contributed by atoms with E-state index in [1.807, 2.05) is 51.1 Å². The SMILES string of the molecule is Cc1ccc(NC(=O)COc2ccc(/C=C3\SC(=O)N(CCOc4cc(C)ccc4C(C)C)C3=O)cc2)c(C)c1. The molecule has 3 aromatic carbocycles. The number of rotatable bonds is 10. The maximum atomic E-state index is 12.9. The average Bonchev–Trinajstić information content (AvgIpc) is 3.17. The Morgan fingerprint density at radius 3 is 2.35 bits per heavy atom. The van der Waals surface area contributed by atoms with Gasteiger partial charge in [0.2, 0.25) is 0 Å². The Morgan fingerprint density at radius 2 is 1.65 bits per heavy atom. The van der Waals surface area contributed by atoms with E-state index >= 15 is 0 Å². The minimum atomic E-state index is -0.338. The van der Waals surface area contributed by atoms with Crippen LogP contribution in [-0.2, 0) is 9.59 Å². The van der Waals surface area contributed by atoms with Crippen molar-refractivity contribution in [2.45, 2.75) is 40.5 Å². The Hall–Kier alpha value is -4.04. The van der Waals surface area contributed by atoms with Crippen LogP contribution in [0.2, 0.25) is 0 Å². The van der Waals surface area contributed by atoms with Crippen LogP contribution in [0.4, 0.5) is 10.5 Å². The third-order valence-electron chi connectivity index (χ3n) is 6.44. The molecule has 0 spiro atoms. The maximum Gasteiger partial charge on any atom is 0.293 e. The van der Waals surface area contributed by atoms with Crippen molar-refractivity contribution in [3.8, 4) is 11.5 Å². The van der Waals surface area contributed by atoms with Gasteiger partial charge in [0.15, 0.2) is 6.61 Å². The van der Waals surface area contributed by atoms with Gasteiger partial charge in [0.1, 0.15) is 18.1 Å². The van der Waals surface area contributed by atoms with E-state index in [1.165, 1.54) is 4.90 Å². The molecule has 1 fully saturated rings. The predicted octanol–water partition coefficient (Wildman–Crippen LogP) is 6.87. The summed E-state index contributed by atoms with van der Waals surface area (Å²) in [5, 5.41) is 2.54. The molecular formula is C32H34N2O5S. The Labute approximate surface area is 239 Å². The van der Waals surface area contributed by atoms with Gasteiger partial charge in [-0.3, -0.25) is 19.3 Å². The van der Waals surface area contributed by atoms with E-state index in [4.69, 9.17) is 9.47 Å². The van der Waals surface area contributed by atoms with Gasteiger partial charge in [-0.1, -0.05) is 55.8 Å². The third-order valence-corrected chi connectivity index (χ3v) is 7.35. The summed E-state index contributed by atoms with van der Waals surface area (Å²) in [6, 6.07) is 18.9. The Kier molecular flexibility index (Phi) is 9.32. The molecule has 40 heavy (non-hydrogen) atoms. The number of carbonyl (C=O) groups excluding carboxylic acids is 3. The number of hydrogen-bond acceptors (Lipinski definition) is 6. The Balaban J connectivity index is 1.30. The zero-order chi connectivity index (χ0) is 28.8. The fourth-order valence-corrected chi connectivity index (χ4v) is 5.15. The standard InChI is InChI=1S/C32H34N2O5S/c1-20(2)26-12-6-22(4)17-28(26)38-15-14-34-31(36)29(40-32(34)37)18-24-8-10-25(11-9-24)39-19-30(35)33-27-13-7-21(3)16-23(27)5/h6-13,16-18,20H,14-15,19H2,1-5H3,(H,33,35)/b29-18-. The van der Waals surface area contributed by atoms with Gasteiger partial charge in [-0.25, -0.2) is 0 Å². The van der Waals surface area contributed by atoms with E-state index in [0.29, 0.717) is 16.6 Å². The number of nitrogens with one attached hydrogen (secondary N) is 1. The lowest BCUT2D eigenvalue weighted by Crippen LogP contribution is -2.32. The van der Waals surface area contributed by atoms with Crippen LogP contribution in [0.5, 0.6) is 11.5 Å². The second kappa shape index (κ2) is 12.9. The number of thioether (sulfide) groups is 1. The Bertz CT molecular complexity index is 1450. The lowest BCUT2D eigenvalue weighted by atomic mass is 10.0. The summed E-state index contributed by atoms with van der Waals surface area (Å²) in [5.74, 6) is 1.01. The number of carbonyl (C=O) groups is 3. The van der Waals surface area contributed by atoms with Gasteiger partial charge in [-0.05, 0) is 91.0 Å². The second-order valence-corrected chi connectivity index (χ2v) is 11.1. The smallest absolute Gasteiger partial charge is 0.293 e. The number of ether oxygens (including phenoxy) is 2. The Morgan fingerprint density at radius 1 is 0.950 bits per heavy atom. The minimum absolute atomic E-state index is 0.130. The van der Waals surface area contributed by atoms with Gasteiger partial charge in [0, 0.05) is 5.69 Å². The van der Waals surface area contributed by atoms with Crippen LogP contribution >= 0.6 is 11.8 Å². The quantitative estimate of drug-likeness (QED) is 0.274. The summed E-state index contributed by atoms with van der Waals surface area (Å²) in [5.41, 5.74) is 5.80. The van der Waals surface area contributed by atoms with Crippen LogP contribution in [0.3, 0.4) is 0 Å². The molecule has 4 rings (SSSR count). The molecule has 1 saturated heterocycles. The van der Waals surface area contributed by atoms with Crippen molar-refractivity contribution < 1.29 is 23.9 Å². The molecule has 0 aromatic heterocycles. The van der Waals surface area contributed by atoms with Crippen LogP contribution in [0.15, 0.2) is 65.6 Å². The first-order valence-electron chi connectivity index (χ1n) is 13.2. The molecule has 1 heterocycles. The maximum absolute atomic E-state index is 12.9. The van der Waals surface area contributed by atoms with E-state index in [-0.39, 0.29) is 36.8 Å². The van der Waals surface area contributed by atoms with Gasteiger partial charge < -0.3 is 14.8 Å². The molecule has 8 heteroatoms. The number of amides is 3. The molecule has 1 N–H and O–H groups in total. The van der Waals surface area contributed by atoms with Crippen molar-refractivity contribution in [3.63, 3.8) is 0 Å². The monoisotopic (exact) mass is 558 g/mol. The molecule has 0 radical (unpaired) electrons. The lowest BCUT2D eigenvalue weighted by molar-refractivity contribution is -0.123. The van der Waals surface area contributed by atoms with Crippen molar-refractivity contribution in [2.24, 2.45) is 0 Å². The van der Waals surface area contributed by atoms with Gasteiger partial charge in [-0.15, -0.1) is 0 Å². The van der Waals surface area contributed by atoms with E-state index in [1.54, 1.807) is 30.3 Å². The summed E-state index contributed by atoms with van der Waals surface area (Å²) < 4.78 is 11.6. The fraction of sp³-hybridized carbons (Fsp3) is 0.281. The average molecular weight is 559 g/mol. The summed E-state index contributed by atoms with van der Waals surface area (Å²) in [7, 11) is 0. The minimum Gasteiger partial charge on any atom is -0.491 e. The number of anilines is 1. The molecule has 0 atom stereocenters. The molecule has 3 aromatic rings. The highest BCUT2D eigenvalue weighted by Crippen LogP contribution is 2.33. The summed E-state index contributed by atoms with van der Waals surface area (Å²) in [6.45, 7) is 10.4. The molecule has 208 valence electrons. The van der Waals surface area contributed by atoms with Gasteiger partial charge in [-0.2, -0.15) is 0 Å². The molecule has 1 aliphatic rings. The number of aryl methyl sites for hydroxylation is 3. The number of imide groups is 1. The third kappa shape index (κ3) is 7.33. The van der Waals surface area contributed by atoms with Crippen molar-refractivity contribution >= 4 is 40.6 Å². The van der Waals surface area contributed by atoms with Crippen LogP contribution in [0, 0.1) is 20.8 Å². The second-order valence-electron chi connectivity index (χ2n) is 10.1. The zero-order valence-corrected chi connectivity index (χ0v) is 24.3. The molecule has 7 nitrogen and oxygen atoms in total. The lowest BCUT2D eigenvalue weighted by Gasteiger charge is -2.17. The van der Waals surface area contributed by atoms with Crippen molar-refractivity contribution in [3.05, 3.63) is 93.4 Å². The van der Waals surface area contributed by atoms with Crippen molar-refractivity contribution in [1.29, 1.82) is 0 Å². The normalized spacial score (nSPS) is 14.2. The highest BCUT2D eigenvalue weighted by Gasteiger charge is 2.34. The molecule has 0 saturated carbocycles. The first-order chi connectivity index (χ1) is 19.1. The van der Waals surface area contributed by atoms with Gasteiger partial charge in [0.05, 0.1) is 11.4 Å². The number of nitrogens with zero attached hydrogens (tertiary/aromatic N) is 1. The molecule has 1 aliphatic heterocycles. The molecule has 3 amide bonds. The fourth-order valence-electron chi connectivity index (χ4n) is 4.28. The van der Waals surface area contributed by atoms with Crippen LogP contribution in [0.25, 0.3) is 6.08 Å². The zero-order valence-electron chi connectivity index (χ0n) is 23.4. The largest absolute Gasteiger partial charge is 0.491 e. The van der Waals surface area contributed by atoms with E-state index < -0.39 is 0 Å². The molecule has 0 unspecified atom stereocenters. The highest BCUT2D eigenvalue weighted by atomic mass is 32.2. The van der Waals surface area contributed by atoms with Gasteiger partial charge >= 0.3 is 0 Å². The van der Waals surface area contributed by atoms with Crippen molar-refractivity contribution in [2.75, 3.05) is 25.1 Å². The number of benzene rings is 3. The van der Waals surface area contributed by atoms with Crippen LogP contribution in [-0.4, -0.2) is 41.7 Å². The van der Waals surface area contributed by atoms with E-state index in [0.717, 1.165) is 51.0 Å². The first kappa shape index (κ1) is 29.0. The summed E-state index contributed by atoms with van der Waals surface area (Å²) >= 11 is 0.913. The van der Waals surface area contributed by atoms with E-state index in [9.17, 15) is 14.4 Å². The molecule has 0 bridgehead atoms. The predicted molar refractivity (Wildman–Crippen MR) is 160 cm³/mol. The van der Waals surface area contributed by atoms with E-state index in [2.05, 4.69) is 25.2 Å². The summed E-state index contributed by atoms with van der Waals surface area (Å²) in [6.07, 6.45) is 1.68. The molecule has 0 aliphatic carbocycles. The summed E-state index contributed by atoms with van der Waals surface area (Å²) in [4.78, 5) is 39.3. The van der Waals surface area contributed by atoms with Crippen LogP contribution in [0.1, 0.15) is 47.6 Å². The number of hydrogen-bond donors (Lipinski definition) is 1. The molecular weight excluding hydrogens is 524 g/mol. The highest BCUT2D eigenvalue weighted by molar-refractivity contribution is 8.18. The van der Waals surface area contributed by atoms with Crippen LogP contribution < -0.4 is 14.8 Å². The topological polar surface area (TPSA) is 84.9 Å².